The summed E-state index contributed by atoms with van der Waals surface area (Å²) in [5.74, 6) is 0. The van der Waals surface area contributed by atoms with E-state index in [9.17, 15) is 0 Å². The molecule has 0 amide bonds. The fourth-order valence-electron chi connectivity index (χ4n) is 2.07. The second-order valence-corrected chi connectivity index (χ2v) is 5.79. The van der Waals surface area contributed by atoms with Gasteiger partial charge >= 0.3 is 0 Å². The van der Waals surface area contributed by atoms with Crippen LogP contribution in [-0.4, -0.2) is 52.4 Å². The largest absolute Gasteiger partial charge is 0.317 e. The molecule has 8 heteroatoms. The van der Waals surface area contributed by atoms with E-state index in [0.29, 0.717) is 0 Å². The minimum Gasteiger partial charge on any atom is -0.317 e. The molecule has 0 aliphatic heterocycles. The molecule has 0 bridgehead atoms. The SMILES string of the molecule is CCCCNCCCNCC=CCNCCCNCCCC.Cl.Cl.Cl.Cl. The van der Waals surface area contributed by atoms with Crippen LogP contribution in [-0.2, 0) is 0 Å². The van der Waals surface area contributed by atoms with Crippen LogP contribution >= 0.6 is 49.6 Å². The first-order valence-corrected chi connectivity index (χ1v) is 9.39. The zero-order chi connectivity index (χ0) is 16.1. The molecule has 0 aromatic heterocycles. The van der Waals surface area contributed by atoms with E-state index in [0.717, 1.165) is 52.4 Å². The van der Waals surface area contributed by atoms with Crippen LogP contribution in [0.1, 0.15) is 52.4 Å². The zero-order valence-corrected chi connectivity index (χ0v) is 20.0. The van der Waals surface area contributed by atoms with Gasteiger partial charge in [-0.25, -0.2) is 0 Å². The first-order chi connectivity index (χ1) is 10.9. The highest BCUT2D eigenvalue weighted by molar-refractivity contribution is 5.86. The number of hydrogen-bond acceptors (Lipinski definition) is 4. The van der Waals surface area contributed by atoms with Crippen LogP contribution < -0.4 is 21.3 Å². The average Bonchev–Trinajstić information content (AvgIpc) is 2.54. The van der Waals surface area contributed by atoms with Crippen LogP contribution in [0.2, 0.25) is 0 Å². The quantitative estimate of drug-likeness (QED) is 0.186. The van der Waals surface area contributed by atoms with Crippen LogP contribution in [0.3, 0.4) is 0 Å². The molecule has 0 aliphatic rings. The molecule has 0 saturated heterocycles. The maximum absolute atomic E-state index is 3.46. The summed E-state index contributed by atoms with van der Waals surface area (Å²) in [6.07, 6.45) is 12.0. The Morgan fingerprint density at radius 3 is 1.12 bits per heavy atom. The summed E-state index contributed by atoms with van der Waals surface area (Å²) < 4.78 is 0. The molecule has 0 heterocycles. The summed E-state index contributed by atoms with van der Waals surface area (Å²) in [7, 11) is 0. The summed E-state index contributed by atoms with van der Waals surface area (Å²) in [5.41, 5.74) is 0. The number of hydrogen-bond donors (Lipinski definition) is 4. The van der Waals surface area contributed by atoms with Crippen LogP contribution in [0.15, 0.2) is 12.2 Å². The first-order valence-electron chi connectivity index (χ1n) is 9.39. The molecule has 0 unspecified atom stereocenters. The van der Waals surface area contributed by atoms with E-state index in [4.69, 9.17) is 0 Å². The van der Waals surface area contributed by atoms with Gasteiger partial charge in [0.15, 0.2) is 0 Å². The Morgan fingerprint density at radius 2 is 0.769 bits per heavy atom. The Balaban J connectivity index is -0.000000367. The summed E-state index contributed by atoms with van der Waals surface area (Å²) in [4.78, 5) is 0. The molecule has 4 nitrogen and oxygen atoms in total. The molecule has 0 saturated carbocycles. The van der Waals surface area contributed by atoms with E-state index in [1.54, 1.807) is 0 Å². The Kier molecular flexibility index (Phi) is 52.8. The van der Waals surface area contributed by atoms with Gasteiger partial charge in [0.05, 0.1) is 0 Å². The molecule has 0 aromatic carbocycles. The summed E-state index contributed by atoms with van der Waals surface area (Å²) in [5, 5.41) is 13.8. The van der Waals surface area contributed by atoms with E-state index in [2.05, 4.69) is 47.3 Å². The highest BCUT2D eigenvalue weighted by Crippen LogP contribution is 1.83. The minimum atomic E-state index is 0. The van der Waals surface area contributed by atoms with Crippen molar-refractivity contribution in [3.63, 3.8) is 0 Å². The Labute approximate surface area is 187 Å². The van der Waals surface area contributed by atoms with Gasteiger partial charge in [-0.2, -0.15) is 0 Å². The fourth-order valence-corrected chi connectivity index (χ4v) is 2.07. The predicted molar refractivity (Wildman–Crippen MR) is 129 cm³/mol. The lowest BCUT2D eigenvalue weighted by Gasteiger charge is -2.05. The van der Waals surface area contributed by atoms with Crippen molar-refractivity contribution in [2.45, 2.75) is 52.4 Å². The second kappa shape index (κ2) is 36.6. The van der Waals surface area contributed by atoms with Gasteiger partial charge < -0.3 is 21.3 Å². The molecule has 0 spiro atoms. The van der Waals surface area contributed by atoms with Crippen molar-refractivity contribution in [1.29, 1.82) is 0 Å². The third kappa shape index (κ3) is 35.8. The van der Waals surface area contributed by atoms with Crippen molar-refractivity contribution in [1.82, 2.24) is 21.3 Å². The topological polar surface area (TPSA) is 48.1 Å². The van der Waals surface area contributed by atoms with Gasteiger partial charge in [-0.15, -0.1) is 49.6 Å². The van der Waals surface area contributed by atoms with Gasteiger partial charge in [-0.3, -0.25) is 0 Å². The van der Waals surface area contributed by atoms with Crippen LogP contribution in [0, 0.1) is 0 Å². The molecule has 0 rings (SSSR count). The number of rotatable bonds is 18. The normalized spacial score (nSPS) is 9.77. The van der Waals surface area contributed by atoms with E-state index < -0.39 is 0 Å². The van der Waals surface area contributed by atoms with Crippen LogP contribution in [0.4, 0.5) is 0 Å². The van der Waals surface area contributed by atoms with Gasteiger partial charge in [0.1, 0.15) is 0 Å². The Bertz CT molecular complexity index is 213. The van der Waals surface area contributed by atoms with E-state index in [1.165, 1.54) is 38.5 Å². The summed E-state index contributed by atoms with van der Waals surface area (Å²) in [6.45, 7) is 13.2. The minimum absolute atomic E-state index is 0. The highest BCUT2D eigenvalue weighted by atomic mass is 35.5. The van der Waals surface area contributed by atoms with E-state index in [1.807, 2.05) is 0 Å². The maximum Gasteiger partial charge on any atom is 0.0135 e. The third-order valence-electron chi connectivity index (χ3n) is 3.52. The van der Waals surface area contributed by atoms with Gasteiger partial charge in [0.25, 0.3) is 0 Å². The summed E-state index contributed by atoms with van der Waals surface area (Å²) in [6, 6.07) is 0. The average molecular weight is 458 g/mol. The predicted octanol–water partition coefficient (Wildman–Crippen LogP) is 3.97. The third-order valence-corrected chi connectivity index (χ3v) is 3.52. The van der Waals surface area contributed by atoms with E-state index >= 15 is 0 Å². The van der Waals surface area contributed by atoms with Gasteiger partial charge in [0.2, 0.25) is 0 Å². The standard InChI is InChI=1S/C18H40N4.4ClH/c1-3-5-11-19-15-9-17-21-13-7-8-14-22-18-10-16-20-12-6-4-2;;;;/h7-8,19-22H,3-6,9-18H2,1-2H3;4*1H. The molecule has 4 N–H and O–H groups in total. The lowest BCUT2D eigenvalue weighted by Crippen LogP contribution is -2.23. The van der Waals surface area contributed by atoms with Crippen LogP contribution in [0.5, 0.6) is 0 Å². The molecule has 26 heavy (non-hydrogen) atoms. The second-order valence-electron chi connectivity index (χ2n) is 5.79. The van der Waals surface area contributed by atoms with Gasteiger partial charge in [0, 0.05) is 13.1 Å². The van der Waals surface area contributed by atoms with Crippen molar-refractivity contribution < 1.29 is 0 Å². The molecule has 0 fully saturated rings. The lowest BCUT2D eigenvalue weighted by atomic mass is 10.3. The Hall–Kier alpha value is 0.740. The van der Waals surface area contributed by atoms with Gasteiger partial charge in [-0.05, 0) is 65.0 Å². The molecular formula is C18H44Cl4N4. The van der Waals surface area contributed by atoms with E-state index in [-0.39, 0.29) is 49.6 Å². The lowest BCUT2D eigenvalue weighted by molar-refractivity contribution is 0.592. The number of unbranched alkanes of at least 4 members (excludes halogenated alkanes) is 2. The monoisotopic (exact) mass is 456 g/mol. The molecule has 164 valence electrons. The summed E-state index contributed by atoms with van der Waals surface area (Å²) >= 11 is 0. The van der Waals surface area contributed by atoms with Crippen LogP contribution in [0.25, 0.3) is 0 Å². The molecular weight excluding hydrogens is 414 g/mol. The zero-order valence-electron chi connectivity index (χ0n) is 16.7. The highest BCUT2D eigenvalue weighted by Gasteiger charge is 1.89. The number of nitrogens with one attached hydrogen (secondary N) is 4. The smallest absolute Gasteiger partial charge is 0.0135 e. The fraction of sp³-hybridized carbons (Fsp3) is 0.889. The van der Waals surface area contributed by atoms with Crippen molar-refractivity contribution in [3.05, 3.63) is 12.2 Å². The molecule has 0 atom stereocenters. The molecule has 0 aromatic rings. The molecule has 0 radical (unpaired) electrons. The van der Waals surface area contributed by atoms with Crippen molar-refractivity contribution >= 4 is 49.6 Å². The van der Waals surface area contributed by atoms with Crippen molar-refractivity contribution in [2.75, 3.05) is 52.4 Å². The Morgan fingerprint density at radius 1 is 0.462 bits per heavy atom. The van der Waals surface area contributed by atoms with Crippen molar-refractivity contribution in [2.24, 2.45) is 0 Å². The first kappa shape index (κ1) is 37.5. The van der Waals surface area contributed by atoms with Crippen molar-refractivity contribution in [3.8, 4) is 0 Å². The van der Waals surface area contributed by atoms with Gasteiger partial charge in [-0.1, -0.05) is 38.8 Å². The molecule has 0 aliphatic carbocycles. The number of halogens is 4. The maximum atomic E-state index is 3.46.